The fraction of sp³-hybridized carbons (Fsp3) is 0.917. The summed E-state index contributed by atoms with van der Waals surface area (Å²) in [6.07, 6.45) is 5.00. The van der Waals surface area contributed by atoms with Crippen LogP contribution in [0.5, 0.6) is 0 Å². The number of carbonyl (C=O) groups is 1. The summed E-state index contributed by atoms with van der Waals surface area (Å²) in [5.41, 5.74) is 0. The Morgan fingerprint density at radius 1 is 1.40 bits per heavy atom. The zero-order chi connectivity index (χ0) is 10.8. The van der Waals surface area contributed by atoms with Crippen LogP contribution in [0.2, 0.25) is 0 Å². The summed E-state index contributed by atoms with van der Waals surface area (Å²) in [5, 5.41) is 3.34. The Bertz CT molecular complexity index is 236. The lowest BCUT2D eigenvalue weighted by atomic mass is 9.85. The number of hydrogen-bond donors (Lipinski definition) is 1. The molecule has 3 nitrogen and oxygen atoms in total. The molecule has 86 valence electrons. The molecule has 1 N–H and O–H groups in total. The summed E-state index contributed by atoms with van der Waals surface area (Å²) in [7, 11) is 0. The first-order valence-corrected chi connectivity index (χ1v) is 6.21. The smallest absolute Gasteiger partial charge is 0.239 e. The van der Waals surface area contributed by atoms with Gasteiger partial charge in [0.05, 0.1) is 6.04 Å². The molecule has 1 saturated carbocycles. The van der Waals surface area contributed by atoms with Crippen molar-refractivity contribution in [3.63, 3.8) is 0 Å². The maximum Gasteiger partial charge on any atom is 0.239 e. The van der Waals surface area contributed by atoms with Crippen molar-refractivity contribution in [1.29, 1.82) is 0 Å². The van der Waals surface area contributed by atoms with E-state index in [0.29, 0.717) is 11.9 Å². The minimum absolute atomic E-state index is 0.0880. The molecule has 1 aliphatic heterocycles. The summed E-state index contributed by atoms with van der Waals surface area (Å²) in [4.78, 5) is 14.0. The van der Waals surface area contributed by atoms with E-state index < -0.39 is 0 Å². The van der Waals surface area contributed by atoms with Crippen LogP contribution in [0.4, 0.5) is 0 Å². The predicted molar refractivity (Wildman–Crippen MR) is 60.6 cm³/mol. The van der Waals surface area contributed by atoms with Crippen LogP contribution >= 0.6 is 0 Å². The minimum Gasteiger partial charge on any atom is -0.341 e. The largest absolute Gasteiger partial charge is 0.341 e. The van der Waals surface area contributed by atoms with E-state index in [9.17, 15) is 4.79 Å². The highest BCUT2D eigenvalue weighted by Gasteiger charge is 2.33. The van der Waals surface area contributed by atoms with Crippen LogP contribution < -0.4 is 5.32 Å². The molecule has 0 aromatic heterocycles. The van der Waals surface area contributed by atoms with Crippen LogP contribution in [0, 0.1) is 5.92 Å². The fourth-order valence-electron chi connectivity index (χ4n) is 2.46. The Morgan fingerprint density at radius 2 is 2.13 bits per heavy atom. The summed E-state index contributed by atoms with van der Waals surface area (Å²) in [6, 6.07) is 0.493. The maximum absolute atomic E-state index is 12.0. The maximum atomic E-state index is 12.0. The van der Waals surface area contributed by atoms with E-state index in [2.05, 4.69) is 24.1 Å². The second kappa shape index (κ2) is 4.52. The van der Waals surface area contributed by atoms with Gasteiger partial charge in [-0.2, -0.15) is 0 Å². The lowest BCUT2D eigenvalue weighted by molar-refractivity contribution is -0.130. The standard InChI is InChI=1S/C12H22N2O/c1-9(2)13-11-6-7-14(12(11)15)8-10-4-3-5-10/h9-11,13H,3-8H2,1-2H3. The van der Waals surface area contributed by atoms with Gasteiger partial charge in [-0.3, -0.25) is 4.79 Å². The molecule has 0 aromatic rings. The van der Waals surface area contributed by atoms with Crippen molar-refractivity contribution in [2.24, 2.45) is 5.92 Å². The average Bonchev–Trinajstić information content (AvgIpc) is 2.41. The number of amides is 1. The van der Waals surface area contributed by atoms with E-state index in [0.717, 1.165) is 25.4 Å². The number of nitrogens with zero attached hydrogens (tertiary/aromatic N) is 1. The van der Waals surface area contributed by atoms with Crippen molar-refractivity contribution >= 4 is 5.91 Å². The van der Waals surface area contributed by atoms with E-state index in [4.69, 9.17) is 0 Å². The van der Waals surface area contributed by atoms with Gasteiger partial charge in [-0.05, 0) is 25.2 Å². The van der Waals surface area contributed by atoms with Gasteiger partial charge in [0.25, 0.3) is 0 Å². The van der Waals surface area contributed by atoms with Crippen LogP contribution in [0.15, 0.2) is 0 Å². The highest BCUT2D eigenvalue weighted by atomic mass is 16.2. The lowest BCUT2D eigenvalue weighted by Crippen LogP contribution is -2.43. The number of hydrogen-bond acceptors (Lipinski definition) is 2. The van der Waals surface area contributed by atoms with Crippen LogP contribution in [0.1, 0.15) is 39.5 Å². The van der Waals surface area contributed by atoms with Crippen molar-refractivity contribution in [2.45, 2.75) is 51.6 Å². The van der Waals surface area contributed by atoms with Gasteiger partial charge in [-0.1, -0.05) is 20.3 Å². The van der Waals surface area contributed by atoms with Crippen molar-refractivity contribution in [2.75, 3.05) is 13.1 Å². The van der Waals surface area contributed by atoms with Crippen molar-refractivity contribution in [3.05, 3.63) is 0 Å². The van der Waals surface area contributed by atoms with Crippen LogP contribution in [0.25, 0.3) is 0 Å². The molecular weight excluding hydrogens is 188 g/mol. The highest BCUT2D eigenvalue weighted by Crippen LogP contribution is 2.28. The Morgan fingerprint density at radius 3 is 2.67 bits per heavy atom. The zero-order valence-electron chi connectivity index (χ0n) is 9.83. The zero-order valence-corrected chi connectivity index (χ0v) is 9.83. The van der Waals surface area contributed by atoms with Gasteiger partial charge < -0.3 is 10.2 Å². The van der Waals surface area contributed by atoms with Gasteiger partial charge in [-0.15, -0.1) is 0 Å². The Hall–Kier alpha value is -0.570. The van der Waals surface area contributed by atoms with E-state index in [-0.39, 0.29) is 6.04 Å². The molecule has 1 saturated heterocycles. The van der Waals surface area contributed by atoms with Crippen molar-refractivity contribution < 1.29 is 4.79 Å². The quantitative estimate of drug-likeness (QED) is 0.760. The monoisotopic (exact) mass is 210 g/mol. The number of likely N-dealkylation sites (tertiary alicyclic amines) is 1. The normalized spacial score (nSPS) is 27.5. The van der Waals surface area contributed by atoms with Gasteiger partial charge in [-0.25, -0.2) is 0 Å². The first-order chi connectivity index (χ1) is 7.16. The van der Waals surface area contributed by atoms with E-state index in [1.165, 1.54) is 19.3 Å². The second-order valence-electron chi connectivity index (χ2n) is 5.24. The van der Waals surface area contributed by atoms with Gasteiger partial charge in [0.15, 0.2) is 0 Å². The number of rotatable bonds is 4. The lowest BCUT2D eigenvalue weighted by Gasteiger charge is -2.30. The second-order valence-corrected chi connectivity index (χ2v) is 5.24. The molecule has 3 heteroatoms. The SMILES string of the molecule is CC(C)NC1CCN(CC2CCC2)C1=O. The molecule has 1 unspecified atom stereocenters. The highest BCUT2D eigenvalue weighted by molar-refractivity contribution is 5.84. The summed E-state index contributed by atoms with van der Waals surface area (Å²) in [6.45, 7) is 6.17. The van der Waals surface area contributed by atoms with E-state index in [1.54, 1.807) is 0 Å². The van der Waals surface area contributed by atoms with Crippen LogP contribution in [-0.2, 0) is 4.79 Å². The summed E-state index contributed by atoms with van der Waals surface area (Å²) >= 11 is 0. The van der Waals surface area contributed by atoms with E-state index in [1.807, 2.05) is 0 Å². The molecule has 1 atom stereocenters. The average molecular weight is 210 g/mol. The van der Waals surface area contributed by atoms with Crippen molar-refractivity contribution in [3.8, 4) is 0 Å². The molecule has 0 bridgehead atoms. The molecule has 2 fully saturated rings. The third kappa shape index (κ3) is 2.51. The van der Waals surface area contributed by atoms with Gasteiger partial charge in [0.1, 0.15) is 0 Å². The summed E-state index contributed by atoms with van der Waals surface area (Å²) < 4.78 is 0. The molecule has 1 amide bonds. The molecule has 1 heterocycles. The summed E-state index contributed by atoms with van der Waals surface area (Å²) in [5.74, 6) is 1.13. The van der Waals surface area contributed by atoms with Gasteiger partial charge in [0, 0.05) is 19.1 Å². The van der Waals surface area contributed by atoms with Crippen molar-refractivity contribution in [1.82, 2.24) is 10.2 Å². The molecule has 15 heavy (non-hydrogen) atoms. The molecular formula is C12H22N2O. The topological polar surface area (TPSA) is 32.3 Å². The van der Waals surface area contributed by atoms with Gasteiger partial charge in [0.2, 0.25) is 5.91 Å². The molecule has 0 spiro atoms. The molecule has 0 aromatic carbocycles. The number of carbonyl (C=O) groups excluding carboxylic acids is 1. The minimum atomic E-state index is 0.0880. The molecule has 0 radical (unpaired) electrons. The molecule has 1 aliphatic carbocycles. The molecule has 2 aliphatic rings. The number of nitrogens with one attached hydrogen (secondary N) is 1. The third-order valence-electron chi connectivity index (χ3n) is 3.54. The van der Waals surface area contributed by atoms with Crippen LogP contribution in [0.3, 0.4) is 0 Å². The Labute approximate surface area is 92.2 Å². The van der Waals surface area contributed by atoms with Crippen LogP contribution in [-0.4, -0.2) is 36.0 Å². The first-order valence-electron chi connectivity index (χ1n) is 6.21. The molecule has 2 rings (SSSR count). The Kier molecular flexibility index (Phi) is 3.29. The fourth-order valence-corrected chi connectivity index (χ4v) is 2.46. The Balaban J connectivity index is 1.80. The van der Waals surface area contributed by atoms with Gasteiger partial charge >= 0.3 is 0 Å². The first kappa shape index (κ1) is 10.9. The third-order valence-corrected chi connectivity index (χ3v) is 3.54. The predicted octanol–water partition coefficient (Wildman–Crippen LogP) is 1.39. The van der Waals surface area contributed by atoms with E-state index >= 15 is 0 Å².